The highest BCUT2D eigenvalue weighted by Crippen LogP contribution is 2.24. The largest absolute Gasteiger partial charge is 0.327 e. The van der Waals surface area contributed by atoms with Crippen molar-refractivity contribution in [2.75, 3.05) is 16.2 Å². The van der Waals surface area contributed by atoms with Gasteiger partial charge in [0.15, 0.2) is 5.82 Å². The monoisotopic (exact) mass is 341 g/mol. The van der Waals surface area contributed by atoms with Crippen LogP contribution in [0.25, 0.3) is 0 Å². The standard InChI is InChI=1S/C10H10ClF2NOS.C3H8S/c1-2-5-16-14-7-4-3-6(12)8(9(7)13)10(11)15;1-2-3-4/h3-4,14H,2,5H2,1H3;4H,2-3H2,1H3. The van der Waals surface area contributed by atoms with Gasteiger partial charge in [0, 0.05) is 5.75 Å². The summed E-state index contributed by atoms with van der Waals surface area (Å²) in [6, 6.07) is 2.24. The van der Waals surface area contributed by atoms with E-state index in [1.165, 1.54) is 24.4 Å². The van der Waals surface area contributed by atoms with Gasteiger partial charge in [-0.1, -0.05) is 25.8 Å². The first-order valence-electron chi connectivity index (χ1n) is 6.15. The number of thiol groups is 1. The Balaban J connectivity index is 0.000000796. The number of hydrogen-bond donors (Lipinski definition) is 2. The molecular formula is C13H18ClF2NOS2. The number of benzene rings is 1. The second-order valence-corrected chi connectivity index (χ2v) is 5.42. The summed E-state index contributed by atoms with van der Waals surface area (Å²) in [6.45, 7) is 4.08. The topological polar surface area (TPSA) is 29.1 Å². The highest BCUT2D eigenvalue weighted by Gasteiger charge is 2.18. The fourth-order valence-corrected chi connectivity index (χ4v) is 1.83. The van der Waals surface area contributed by atoms with Crippen LogP contribution in [-0.4, -0.2) is 16.7 Å². The van der Waals surface area contributed by atoms with Gasteiger partial charge in [0.1, 0.15) is 11.4 Å². The lowest BCUT2D eigenvalue weighted by Gasteiger charge is -2.08. The maximum atomic E-state index is 13.6. The molecule has 20 heavy (non-hydrogen) atoms. The first-order chi connectivity index (χ1) is 9.49. The zero-order valence-electron chi connectivity index (χ0n) is 11.4. The molecular weight excluding hydrogens is 324 g/mol. The lowest BCUT2D eigenvalue weighted by molar-refractivity contribution is 0.107. The van der Waals surface area contributed by atoms with E-state index in [2.05, 4.69) is 24.3 Å². The van der Waals surface area contributed by atoms with E-state index in [1.807, 2.05) is 6.92 Å². The summed E-state index contributed by atoms with van der Waals surface area (Å²) >= 11 is 10.3. The van der Waals surface area contributed by atoms with Crippen molar-refractivity contribution in [3.63, 3.8) is 0 Å². The number of rotatable bonds is 6. The molecule has 0 aliphatic rings. The molecule has 0 aliphatic heterocycles. The van der Waals surface area contributed by atoms with Crippen LogP contribution >= 0.6 is 36.2 Å². The van der Waals surface area contributed by atoms with Crippen molar-refractivity contribution in [1.29, 1.82) is 0 Å². The van der Waals surface area contributed by atoms with Gasteiger partial charge in [0.2, 0.25) is 0 Å². The SMILES string of the molecule is CCCS.CCCSNc1ccc(F)c(C(=O)Cl)c1F. The molecule has 0 atom stereocenters. The normalized spacial score (nSPS) is 9.70. The van der Waals surface area contributed by atoms with Gasteiger partial charge in [-0.15, -0.1) is 0 Å². The zero-order chi connectivity index (χ0) is 15.5. The Bertz CT molecular complexity index is 431. The summed E-state index contributed by atoms with van der Waals surface area (Å²) in [5.41, 5.74) is -0.660. The van der Waals surface area contributed by atoms with Gasteiger partial charge in [0.05, 0.1) is 5.69 Å². The van der Waals surface area contributed by atoms with Gasteiger partial charge in [0.25, 0.3) is 5.24 Å². The van der Waals surface area contributed by atoms with Crippen LogP contribution in [0.3, 0.4) is 0 Å². The molecule has 0 unspecified atom stereocenters. The first kappa shape index (κ1) is 19.5. The van der Waals surface area contributed by atoms with Gasteiger partial charge >= 0.3 is 0 Å². The van der Waals surface area contributed by atoms with Crippen LogP contribution in [0.4, 0.5) is 14.5 Å². The Morgan fingerprint density at radius 3 is 2.40 bits per heavy atom. The van der Waals surface area contributed by atoms with Crippen LogP contribution in [0.15, 0.2) is 12.1 Å². The van der Waals surface area contributed by atoms with E-state index in [1.54, 1.807) is 0 Å². The van der Waals surface area contributed by atoms with Crippen molar-refractivity contribution in [1.82, 2.24) is 0 Å². The second-order valence-electron chi connectivity index (χ2n) is 3.73. The van der Waals surface area contributed by atoms with Crippen LogP contribution < -0.4 is 4.72 Å². The van der Waals surface area contributed by atoms with Crippen molar-refractivity contribution < 1.29 is 13.6 Å². The average Bonchev–Trinajstić information content (AvgIpc) is 2.41. The second kappa shape index (κ2) is 11.2. The molecule has 0 amide bonds. The maximum Gasteiger partial charge on any atom is 0.258 e. The van der Waals surface area contributed by atoms with E-state index in [0.717, 1.165) is 24.0 Å². The summed E-state index contributed by atoms with van der Waals surface area (Å²) in [5, 5.41) is -1.14. The van der Waals surface area contributed by atoms with Crippen molar-refractivity contribution in [2.45, 2.75) is 26.7 Å². The smallest absolute Gasteiger partial charge is 0.258 e. The molecule has 0 fully saturated rings. The average molecular weight is 342 g/mol. The molecule has 1 aromatic carbocycles. The van der Waals surface area contributed by atoms with E-state index in [4.69, 9.17) is 11.6 Å². The van der Waals surface area contributed by atoms with E-state index >= 15 is 0 Å². The number of carbonyl (C=O) groups excluding carboxylic acids is 1. The highest BCUT2D eigenvalue weighted by molar-refractivity contribution is 8.00. The molecule has 1 rings (SSSR count). The van der Waals surface area contributed by atoms with Gasteiger partial charge in [-0.3, -0.25) is 4.79 Å². The zero-order valence-corrected chi connectivity index (χ0v) is 13.8. The predicted octanol–water partition coefficient (Wildman–Crippen LogP) is 5.14. The number of carbonyl (C=O) groups is 1. The minimum absolute atomic E-state index is 0.0591. The molecule has 0 radical (unpaired) electrons. The van der Waals surface area contributed by atoms with Crippen LogP contribution in [0.2, 0.25) is 0 Å². The minimum atomic E-state index is -1.14. The quantitative estimate of drug-likeness (QED) is 0.325. The third-order valence-electron chi connectivity index (χ3n) is 2.00. The van der Waals surface area contributed by atoms with E-state index in [0.29, 0.717) is 0 Å². The van der Waals surface area contributed by atoms with Crippen LogP contribution in [0, 0.1) is 11.6 Å². The van der Waals surface area contributed by atoms with E-state index < -0.39 is 22.4 Å². The van der Waals surface area contributed by atoms with Gasteiger partial charge in [-0.2, -0.15) is 12.6 Å². The molecule has 1 N–H and O–H groups in total. The summed E-state index contributed by atoms with van der Waals surface area (Å²) in [7, 11) is 0. The number of hydrogen-bond acceptors (Lipinski definition) is 4. The molecule has 2 nitrogen and oxygen atoms in total. The Morgan fingerprint density at radius 1 is 1.35 bits per heavy atom. The summed E-state index contributed by atoms with van der Waals surface area (Å²) in [5.74, 6) is -0.117. The van der Waals surface area contributed by atoms with Crippen molar-refractivity contribution in [3.05, 3.63) is 29.3 Å². The Labute approximate surface area is 133 Å². The Hall–Kier alpha value is -0.460. The lowest BCUT2D eigenvalue weighted by Crippen LogP contribution is -2.03. The maximum absolute atomic E-state index is 13.6. The third kappa shape index (κ3) is 6.81. The first-order valence-corrected chi connectivity index (χ1v) is 8.15. The summed E-state index contributed by atoms with van der Waals surface area (Å²) in [6.07, 6.45) is 2.10. The summed E-state index contributed by atoms with van der Waals surface area (Å²) < 4.78 is 29.4. The van der Waals surface area contributed by atoms with Crippen LogP contribution in [-0.2, 0) is 0 Å². The molecule has 0 saturated carbocycles. The number of nitrogens with one attached hydrogen (secondary N) is 1. The third-order valence-corrected chi connectivity index (χ3v) is 3.61. The Kier molecular flexibility index (Phi) is 11.0. The van der Waals surface area contributed by atoms with Gasteiger partial charge in [-0.25, -0.2) is 8.78 Å². The number of anilines is 1. The molecule has 1 aromatic rings. The Morgan fingerprint density at radius 2 is 1.95 bits per heavy atom. The summed E-state index contributed by atoms with van der Waals surface area (Å²) in [4.78, 5) is 10.8. The van der Waals surface area contributed by atoms with Crippen LogP contribution in [0.5, 0.6) is 0 Å². The predicted molar refractivity (Wildman–Crippen MR) is 87.1 cm³/mol. The molecule has 0 bridgehead atoms. The molecule has 114 valence electrons. The van der Waals surface area contributed by atoms with E-state index in [-0.39, 0.29) is 5.69 Å². The molecule has 7 heteroatoms. The lowest BCUT2D eigenvalue weighted by atomic mass is 10.2. The minimum Gasteiger partial charge on any atom is -0.327 e. The van der Waals surface area contributed by atoms with Crippen molar-refractivity contribution in [3.8, 4) is 0 Å². The van der Waals surface area contributed by atoms with Crippen molar-refractivity contribution >= 4 is 47.1 Å². The highest BCUT2D eigenvalue weighted by atomic mass is 35.5. The van der Waals surface area contributed by atoms with Crippen LogP contribution in [0.1, 0.15) is 37.0 Å². The van der Waals surface area contributed by atoms with Gasteiger partial charge in [-0.05, 0) is 42.3 Å². The fourth-order valence-electron chi connectivity index (χ4n) is 1.04. The molecule has 0 aromatic heterocycles. The molecule has 0 heterocycles. The fraction of sp³-hybridized carbons (Fsp3) is 0.462. The van der Waals surface area contributed by atoms with E-state index in [9.17, 15) is 13.6 Å². The molecule has 0 aliphatic carbocycles. The molecule has 0 spiro atoms. The van der Waals surface area contributed by atoms with Gasteiger partial charge < -0.3 is 4.72 Å². The molecule has 0 saturated heterocycles. The van der Waals surface area contributed by atoms with Crippen molar-refractivity contribution in [2.24, 2.45) is 0 Å². The number of halogens is 3.